The maximum atomic E-state index is 11.9. The van der Waals surface area contributed by atoms with Crippen LogP contribution in [0.3, 0.4) is 0 Å². The first-order valence-corrected chi connectivity index (χ1v) is 5.81. The van der Waals surface area contributed by atoms with Crippen molar-refractivity contribution in [3.8, 4) is 0 Å². The van der Waals surface area contributed by atoms with E-state index in [1.807, 2.05) is 39.5 Å². The summed E-state index contributed by atoms with van der Waals surface area (Å²) in [6.45, 7) is 11.9. The first-order valence-electron chi connectivity index (χ1n) is 5.81. The van der Waals surface area contributed by atoms with Gasteiger partial charge in [-0.2, -0.15) is 0 Å². The number of rotatable bonds is 3. The van der Waals surface area contributed by atoms with Gasteiger partial charge in [0.15, 0.2) is 0 Å². The van der Waals surface area contributed by atoms with Crippen LogP contribution in [-0.4, -0.2) is 48.3 Å². The molecule has 0 spiro atoms. The quantitative estimate of drug-likeness (QED) is 0.735. The number of carbonyl (C=O) groups is 1. The van der Waals surface area contributed by atoms with E-state index in [0.717, 1.165) is 0 Å². The van der Waals surface area contributed by atoms with Gasteiger partial charge in [-0.05, 0) is 34.6 Å². The zero-order valence-electron chi connectivity index (χ0n) is 11.0. The normalized spacial score (nSPS) is 23.2. The summed E-state index contributed by atoms with van der Waals surface area (Å²) >= 11 is 0. The first kappa shape index (κ1) is 13.5. The number of nitrogens with zero attached hydrogens (tertiary/aromatic N) is 1. The van der Waals surface area contributed by atoms with E-state index in [-0.39, 0.29) is 23.7 Å². The third kappa shape index (κ3) is 3.76. The van der Waals surface area contributed by atoms with Gasteiger partial charge < -0.3 is 14.4 Å². The van der Waals surface area contributed by atoms with Crippen LogP contribution in [-0.2, 0) is 14.3 Å². The second kappa shape index (κ2) is 4.72. The van der Waals surface area contributed by atoms with Crippen molar-refractivity contribution in [2.45, 2.75) is 45.8 Å². The SMILES string of the molecule is CCOCC(=O)N1CC(C)(C)OC(C)(C)C1. The number of hydrogen-bond donors (Lipinski definition) is 0. The molecule has 1 saturated heterocycles. The van der Waals surface area contributed by atoms with Gasteiger partial charge in [-0.1, -0.05) is 0 Å². The van der Waals surface area contributed by atoms with Crippen molar-refractivity contribution in [2.24, 2.45) is 0 Å². The van der Waals surface area contributed by atoms with E-state index in [1.165, 1.54) is 0 Å². The van der Waals surface area contributed by atoms with Crippen molar-refractivity contribution in [1.82, 2.24) is 4.90 Å². The zero-order valence-corrected chi connectivity index (χ0v) is 11.0. The van der Waals surface area contributed by atoms with Gasteiger partial charge in [0, 0.05) is 19.7 Å². The summed E-state index contributed by atoms with van der Waals surface area (Å²) in [6.07, 6.45) is 0. The molecule has 0 N–H and O–H groups in total. The molecule has 1 aliphatic heterocycles. The number of amides is 1. The van der Waals surface area contributed by atoms with Crippen LogP contribution in [0.15, 0.2) is 0 Å². The molecular formula is C12H23NO3. The molecule has 16 heavy (non-hydrogen) atoms. The molecule has 0 aromatic rings. The van der Waals surface area contributed by atoms with E-state index < -0.39 is 0 Å². The lowest BCUT2D eigenvalue weighted by Gasteiger charge is -2.47. The summed E-state index contributed by atoms with van der Waals surface area (Å²) < 4.78 is 11.1. The monoisotopic (exact) mass is 229 g/mol. The predicted molar refractivity (Wildman–Crippen MR) is 62.3 cm³/mol. The summed E-state index contributed by atoms with van der Waals surface area (Å²) in [5.74, 6) is 0.0475. The fourth-order valence-corrected chi connectivity index (χ4v) is 2.24. The van der Waals surface area contributed by atoms with Crippen molar-refractivity contribution >= 4 is 5.91 Å². The molecule has 94 valence electrons. The van der Waals surface area contributed by atoms with Crippen LogP contribution in [0, 0.1) is 0 Å². The average molecular weight is 229 g/mol. The van der Waals surface area contributed by atoms with Crippen molar-refractivity contribution in [3.63, 3.8) is 0 Å². The van der Waals surface area contributed by atoms with E-state index in [0.29, 0.717) is 19.7 Å². The molecule has 0 bridgehead atoms. The standard InChI is InChI=1S/C12H23NO3/c1-6-15-7-10(14)13-8-11(2,3)16-12(4,5)9-13/h6-9H2,1-5H3. The van der Waals surface area contributed by atoms with E-state index >= 15 is 0 Å². The highest BCUT2D eigenvalue weighted by Crippen LogP contribution is 2.27. The smallest absolute Gasteiger partial charge is 0.248 e. The Morgan fingerprint density at radius 1 is 1.25 bits per heavy atom. The van der Waals surface area contributed by atoms with Crippen molar-refractivity contribution < 1.29 is 14.3 Å². The Morgan fingerprint density at radius 3 is 2.19 bits per heavy atom. The second-order valence-corrected chi connectivity index (χ2v) is 5.51. The van der Waals surface area contributed by atoms with E-state index in [4.69, 9.17) is 9.47 Å². The number of ether oxygens (including phenoxy) is 2. The van der Waals surface area contributed by atoms with E-state index in [1.54, 1.807) is 0 Å². The molecule has 1 fully saturated rings. The fourth-order valence-electron chi connectivity index (χ4n) is 2.24. The van der Waals surface area contributed by atoms with Crippen LogP contribution in [0.4, 0.5) is 0 Å². The van der Waals surface area contributed by atoms with Crippen LogP contribution in [0.2, 0.25) is 0 Å². The topological polar surface area (TPSA) is 38.8 Å². The van der Waals surface area contributed by atoms with Crippen LogP contribution in [0.25, 0.3) is 0 Å². The van der Waals surface area contributed by atoms with Gasteiger partial charge in [-0.25, -0.2) is 0 Å². The number of carbonyl (C=O) groups excluding carboxylic acids is 1. The molecular weight excluding hydrogens is 206 g/mol. The Balaban J connectivity index is 2.63. The van der Waals surface area contributed by atoms with E-state index in [2.05, 4.69) is 0 Å². The van der Waals surface area contributed by atoms with Crippen molar-refractivity contribution in [1.29, 1.82) is 0 Å². The summed E-state index contributed by atoms with van der Waals surface area (Å²) in [7, 11) is 0. The minimum absolute atomic E-state index is 0.0475. The van der Waals surface area contributed by atoms with Crippen molar-refractivity contribution in [3.05, 3.63) is 0 Å². The van der Waals surface area contributed by atoms with Gasteiger partial charge in [0.05, 0.1) is 11.2 Å². The largest absolute Gasteiger partial charge is 0.372 e. The minimum atomic E-state index is -0.288. The molecule has 0 atom stereocenters. The maximum absolute atomic E-state index is 11.9. The summed E-state index contributed by atoms with van der Waals surface area (Å²) in [5.41, 5.74) is -0.576. The van der Waals surface area contributed by atoms with E-state index in [9.17, 15) is 4.79 Å². The van der Waals surface area contributed by atoms with Crippen LogP contribution < -0.4 is 0 Å². The summed E-state index contributed by atoms with van der Waals surface area (Å²) in [4.78, 5) is 13.7. The van der Waals surface area contributed by atoms with Crippen LogP contribution >= 0.6 is 0 Å². The van der Waals surface area contributed by atoms with Gasteiger partial charge in [-0.3, -0.25) is 4.79 Å². The maximum Gasteiger partial charge on any atom is 0.248 e. The lowest BCUT2D eigenvalue weighted by Crippen LogP contribution is -2.59. The average Bonchev–Trinajstić information content (AvgIpc) is 2.09. The molecule has 1 aliphatic rings. The molecule has 1 heterocycles. The molecule has 1 amide bonds. The Bertz CT molecular complexity index is 245. The first-order chi connectivity index (χ1) is 7.26. The molecule has 4 nitrogen and oxygen atoms in total. The zero-order chi connectivity index (χ0) is 12.4. The van der Waals surface area contributed by atoms with Gasteiger partial charge in [-0.15, -0.1) is 0 Å². The Labute approximate surface area is 97.9 Å². The lowest BCUT2D eigenvalue weighted by atomic mass is 9.99. The fraction of sp³-hybridized carbons (Fsp3) is 0.917. The van der Waals surface area contributed by atoms with Gasteiger partial charge in [0.1, 0.15) is 6.61 Å². The van der Waals surface area contributed by atoms with Gasteiger partial charge in [0.2, 0.25) is 5.91 Å². The predicted octanol–water partition coefficient (Wildman–Crippen LogP) is 1.44. The van der Waals surface area contributed by atoms with Crippen molar-refractivity contribution in [2.75, 3.05) is 26.3 Å². The molecule has 1 rings (SSSR count). The van der Waals surface area contributed by atoms with Gasteiger partial charge >= 0.3 is 0 Å². The summed E-state index contributed by atoms with van der Waals surface area (Å²) in [6, 6.07) is 0. The molecule has 0 aliphatic carbocycles. The van der Waals surface area contributed by atoms with Crippen LogP contribution in [0.1, 0.15) is 34.6 Å². The third-order valence-corrected chi connectivity index (χ3v) is 2.48. The highest BCUT2D eigenvalue weighted by Gasteiger charge is 2.39. The Kier molecular flexibility index (Phi) is 3.97. The molecule has 0 aromatic heterocycles. The number of hydrogen-bond acceptors (Lipinski definition) is 3. The van der Waals surface area contributed by atoms with Gasteiger partial charge in [0.25, 0.3) is 0 Å². The summed E-state index contributed by atoms with van der Waals surface area (Å²) in [5, 5.41) is 0. The molecule has 0 unspecified atom stereocenters. The molecule has 4 heteroatoms. The Hall–Kier alpha value is -0.610. The molecule has 0 aromatic carbocycles. The number of morpholine rings is 1. The highest BCUT2D eigenvalue weighted by molar-refractivity contribution is 5.77. The lowest BCUT2D eigenvalue weighted by molar-refractivity contribution is -0.189. The minimum Gasteiger partial charge on any atom is -0.372 e. The third-order valence-electron chi connectivity index (χ3n) is 2.48. The Morgan fingerprint density at radius 2 is 1.75 bits per heavy atom. The molecule has 0 saturated carbocycles. The highest BCUT2D eigenvalue weighted by atomic mass is 16.5. The second-order valence-electron chi connectivity index (χ2n) is 5.51. The van der Waals surface area contributed by atoms with Crippen LogP contribution in [0.5, 0.6) is 0 Å². The molecule has 0 radical (unpaired) electrons.